The quantitative estimate of drug-likeness (QED) is 0.653. The van der Waals surface area contributed by atoms with Crippen molar-refractivity contribution in [3.63, 3.8) is 0 Å². The molecule has 0 spiro atoms. The van der Waals surface area contributed by atoms with Gasteiger partial charge in [-0.1, -0.05) is 0 Å². The van der Waals surface area contributed by atoms with Gasteiger partial charge in [0.05, 0.1) is 18.0 Å². The third kappa shape index (κ3) is 2.91. The van der Waals surface area contributed by atoms with Crippen molar-refractivity contribution in [2.45, 2.75) is 25.4 Å². The third-order valence-electron chi connectivity index (χ3n) is 2.31. The highest BCUT2D eigenvalue weighted by Gasteiger charge is 2.32. The lowest BCUT2D eigenvalue weighted by Crippen LogP contribution is -2.48. The van der Waals surface area contributed by atoms with Crippen molar-refractivity contribution < 1.29 is 18.6 Å². The first-order valence-electron chi connectivity index (χ1n) is 4.68. The van der Waals surface area contributed by atoms with Crippen LogP contribution in [0.3, 0.4) is 0 Å². The van der Waals surface area contributed by atoms with E-state index in [2.05, 4.69) is 0 Å². The number of hydrogen-bond acceptors (Lipinski definition) is 4. The van der Waals surface area contributed by atoms with Crippen LogP contribution in [0.25, 0.3) is 0 Å². The molecule has 0 radical (unpaired) electrons. The van der Waals surface area contributed by atoms with E-state index in [9.17, 15) is 13.5 Å². The van der Waals surface area contributed by atoms with Gasteiger partial charge in [0.2, 0.25) is 10.0 Å². The van der Waals surface area contributed by atoms with E-state index >= 15 is 0 Å². The summed E-state index contributed by atoms with van der Waals surface area (Å²) in [7, 11) is -3.20. The van der Waals surface area contributed by atoms with Crippen molar-refractivity contribution in [1.82, 2.24) is 4.31 Å². The second kappa shape index (κ2) is 4.14. The molecule has 1 rings (SSSR count). The highest BCUT2D eigenvalue weighted by atomic mass is 32.2. The maximum Gasteiger partial charge on any atom is 0.214 e. The molecular formula is C8H17NO4S. The van der Waals surface area contributed by atoms with E-state index in [1.165, 1.54) is 11.2 Å². The van der Waals surface area contributed by atoms with Crippen molar-refractivity contribution in [2.75, 3.05) is 25.4 Å². The van der Waals surface area contributed by atoms with Crippen LogP contribution in [0.1, 0.15) is 19.8 Å². The van der Waals surface area contributed by atoms with Gasteiger partial charge in [-0.2, -0.15) is 4.31 Å². The second-order valence-electron chi connectivity index (χ2n) is 4.01. The Labute approximate surface area is 84.4 Å². The van der Waals surface area contributed by atoms with Crippen LogP contribution in [0.2, 0.25) is 0 Å². The van der Waals surface area contributed by atoms with Crippen molar-refractivity contribution >= 4 is 10.0 Å². The third-order valence-corrected chi connectivity index (χ3v) is 4.21. The van der Waals surface area contributed by atoms with Crippen LogP contribution in [0.5, 0.6) is 0 Å². The van der Waals surface area contributed by atoms with Crippen molar-refractivity contribution in [2.24, 2.45) is 0 Å². The van der Waals surface area contributed by atoms with Gasteiger partial charge >= 0.3 is 0 Å². The number of aliphatic hydroxyl groups excluding tert-OH is 1. The molecule has 1 unspecified atom stereocenters. The molecule has 1 saturated heterocycles. The number of rotatable bonds is 3. The van der Waals surface area contributed by atoms with E-state index in [4.69, 9.17) is 5.11 Å². The lowest BCUT2D eigenvalue weighted by atomic mass is 10.1. The fourth-order valence-corrected chi connectivity index (χ4v) is 3.16. The Hall–Kier alpha value is -0.170. The summed E-state index contributed by atoms with van der Waals surface area (Å²) in [5.74, 6) is 0.147. The monoisotopic (exact) mass is 223 g/mol. The lowest BCUT2D eigenvalue weighted by molar-refractivity contribution is -0.0117. The van der Waals surface area contributed by atoms with Gasteiger partial charge in [0.15, 0.2) is 0 Å². The number of hydrogen-bond donors (Lipinski definition) is 2. The van der Waals surface area contributed by atoms with E-state index in [0.717, 1.165) is 6.42 Å². The normalized spacial score (nSPS) is 27.1. The number of aliphatic hydroxyl groups is 2. The smallest absolute Gasteiger partial charge is 0.214 e. The van der Waals surface area contributed by atoms with Crippen molar-refractivity contribution in [3.05, 3.63) is 0 Å². The van der Waals surface area contributed by atoms with Gasteiger partial charge in [-0.25, -0.2) is 8.42 Å². The fraction of sp³-hybridized carbons (Fsp3) is 1.00. The van der Waals surface area contributed by atoms with E-state index in [-0.39, 0.29) is 12.3 Å². The molecule has 0 bridgehead atoms. The summed E-state index contributed by atoms with van der Waals surface area (Å²) in [4.78, 5) is 0. The summed E-state index contributed by atoms with van der Waals surface area (Å²) in [6, 6.07) is 0. The van der Waals surface area contributed by atoms with Crippen LogP contribution < -0.4 is 0 Å². The summed E-state index contributed by atoms with van der Waals surface area (Å²) in [5, 5.41) is 18.4. The highest BCUT2D eigenvalue weighted by Crippen LogP contribution is 2.16. The average Bonchev–Trinajstić information content (AvgIpc) is 2.09. The van der Waals surface area contributed by atoms with Gasteiger partial charge in [-0.15, -0.1) is 0 Å². The first-order valence-corrected chi connectivity index (χ1v) is 6.29. The molecule has 0 aromatic rings. The molecule has 1 heterocycles. The van der Waals surface area contributed by atoms with Crippen LogP contribution in [-0.4, -0.2) is 54.0 Å². The van der Waals surface area contributed by atoms with Crippen LogP contribution in [0.15, 0.2) is 0 Å². The minimum Gasteiger partial charge on any atom is -0.393 e. The van der Waals surface area contributed by atoms with E-state index in [0.29, 0.717) is 13.0 Å². The SMILES string of the molecule is CC(O)(CO)CN1CCCCS1(=O)=O. The van der Waals surface area contributed by atoms with E-state index < -0.39 is 22.2 Å². The Bertz CT molecular complexity index is 286. The zero-order valence-corrected chi connectivity index (χ0v) is 9.13. The van der Waals surface area contributed by atoms with Gasteiger partial charge < -0.3 is 10.2 Å². The second-order valence-corrected chi connectivity index (χ2v) is 6.10. The van der Waals surface area contributed by atoms with Crippen molar-refractivity contribution in [3.8, 4) is 0 Å². The number of nitrogens with zero attached hydrogens (tertiary/aromatic N) is 1. The van der Waals surface area contributed by atoms with Gasteiger partial charge in [-0.3, -0.25) is 0 Å². The molecule has 1 aliphatic rings. The Morgan fingerprint density at radius 1 is 1.43 bits per heavy atom. The largest absolute Gasteiger partial charge is 0.393 e. The summed E-state index contributed by atoms with van der Waals surface area (Å²) in [6.45, 7) is 1.42. The fourth-order valence-electron chi connectivity index (χ4n) is 1.45. The Morgan fingerprint density at radius 3 is 2.57 bits per heavy atom. The minimum absolute atomic E-state index is 0.0220. The van der Waals surface area contributed by atoms with Crippen LogP contribution in [0, 0.1) is 0 Å². The number of sulfonamides is 1. The van der Waals surface area contributed by atoms with Crippen LogP contribution in [0.4, 0.5) is 0 Å². The average molecular weight is 223 g/mol. The Balaban J connectivity index is 2.68. The molecule has 14 heavy (non-hydrogen) atoms. The van der Waals surface area contributed by atoms with Gasteiger partial charge in [0.1, 0.15) is 0 Å². The molecule has 0 aromatic carbocycles. The van der Waals surface area contributed by atoms with E-state index in [1.807, 2.05) is 0 Å². The molecule has 0 saturated carbocycles. The summed E-state index contributed by atoms with van der Waals surface area (Å²) in [6.07, 6.45) is 1.50. The lowest BCUT2D eigenvalue weighted by Gasteiger charge is -2.32. The maximum absolute atomic E-state index is 11.5. The van der Waals surface area contributed by atoms with E-state index in [1.54, 1.807) is 0 Å². The van der Waals surface area contributed by atoms with Gasteiger partial charge in [0, 0.05) is 13.1 Å². The first-order chi connectivity index (χ1) is 6.37. The molecule has 0 aromatic heterocycles. The molecule has 2 N–H and O–H groups in total. The highest BCUT2D eigenvalue weighted by molar-refractivity contribution is 7.89. The van der Waals surface area contributed by atoms with Crippen molar-refractivity contribution in [1.29, 1.82) is 0 Å². The molecule has 6 heteroatoms. The van der Waals surface area contributed by atoms with Gasteiger partial charge in [-0.05, 0) is 19.8 Å². The maximum atomic E-state index is 11.5. The molecule has 1 atom stereocenters. The Kier molecular flexibility index (Phi) is 3.52. The topological polar surface area (TPSA) is 77.8 Å². The zero-order chi connectivity index (χ0) is 10.8. The standard InChI is InChI=1S/C8H17NO4S/c1-8(11,7-10)6-9-4-2-3-5-14(9,12)13/h10-11H,2-7H2,1H3. The molecular weight excluding hydrogens is 206 g/mol. The molecule has 1 aliphatic heterocycles. The summed E-state index contributed by atoms with van der Waals surface area (Å²) >= 11 is 0. The predicted molar refractivity (Wildman–Crippen MR) is 52.3 cm³/mol. The van der Waals surface area contributed by atoms with Crippen LogP contribution >= 0.6 is 0 Å². The molecule has 84 valence electrons. The molecule has 0 amide bonds. The Morgan fingerprint density at radius 2 is 2.07 bits per heavy atom. The minimum atomic E-state index is -3.20. The summed E-state index contributed by atoms with van der Waals surface area (Å²) < 4.78 is 24.3. The molecule has 0 aliphatic carbocycles. The first kappa shape index (κ1) is 11.9. The zero-order valence-electron chi connectivity index (χ0n) is 8.31. The molecule has 5 nitrogen and oxygen atoms in total. The summed E-state index contributed by atoms with van der Waals surface area (Å²) in [5.41, 5.74) is -1.34. The number of β-amino-alcohol motifs (C(OH)–C–C–N with tert-alkyl or cyclic N) is 1. The predicted octanol–water partition coefficient (Wildman–Crippen LogP) is -0.845. The van der Waals surface area contributed by atoms with Crippen LogP contribution in [-0.2, 0) is 10.0 Å². The van der Waals surface area contributed by atoms with Gasteiger partial charge in [0.25, 0.3) is 0 Å². The molecule has 1 fully saturated rings.